The Bertz CT molecular complexity index is 905. The fraction of sp³-hybridized carbons (Fsp3) is 0.409. The highest BCUT2D eigenvalue weighted by Crippen LogP contribution is 2.21. The van der Waals surface area contributed by atoms with Gasteiger partial charge in [-0.2, -0.15) is 0 Å². The molecule has 0 saturated carbocycles. The second kappa shape index (κ2) is 8.78. The van der Waals surface area contributed by atoms with E-state index in [9.17, 15) is 13.2 Å². The minimum atomic E-state index is -3.08. The molecule has 6 heteroatoms. The number of hydrogen-bond acceptors (Lipinski definition) is 4. The number of rotatable bonds is 7. The van der Waals surface area contributed by atoms with E-state index in [1.54, 1.807) is 4.90 Å². The van der Waals surface area contributed by atoms with Crippen molar-refractivity contribution in [2.24, 2.45) is 0 Å². The van der Waals surface area contributed by atoms with Gasteiger partial charge in [-0.25, -0.2) is 8.42 Å². The van der Waals surface area contributed by atoms with Gasteiger partial charge in [0.2, 0.25) is 0 Å². The molecule has 2 aromatic rings. The molecule has 0 radical (unpaired) electrons. The number of sulfone groups is 1. The van der Waals surface area contributed by atoms with Crippen molar-refractivity contribution in [3.8, 4) is 5.75 Å². The fourth-order valence-corrected chi connectivity index (χ4v) is 5.11. The number of hydrogen-bond donors (Lipinski definition) is 0. The van der Waals surface area contributed by atoms with Crippen molar-refractivity contribution in [3.05, 3.63) is 65.2 Å². The summed E-state index contributed by atoms with van der Waals surface area (Å²) in [4.78, 5) is 14.6. The molecule has 1 atom stereocenters. The van der Waals surface area contributed by atoms with Crippen LogP contribution in [0.2, 0.25) is 0 Å². The average Bonchev–Trinajstić information content (AvgIpc) is 3.05. The summed E-state index contributed by atoms with van der Waals surface area (Å²) in [5.74, 6) is 0.596. The van der Waals surface area contributed by atoms with Gasteiger partial charge in [-0.15, -0.1) is 0 Å². The van der Waals surface area contributed by atoms with Gasteiger partial charge < -0.3 is 9.64 Å². The van der Waals surface area contributed by atoms with E-state index in [-0.39, 0.29) is 30.1 Å². The first kappa shape index (κ1) is 20.4. The first-order chi connectivity index (χ1) is 13.4. The molecule has 0 aliphatic carbocycles. The lowest BCUT2D eigenvalue weighted by molar-refractivity contribution is -0.136. The molecule has 1 heterocycles. The van der Waals surface area contributed by atoms with Crippen LogP contribution >= 0.6 is 0 Å². The molecule has 150 valence electrons. The zero-order valence-corrected chi connectivity index (χ0v) is 17.2. The van der Waals surface area contributed by atoms with Crippen molar-refractivity contribution in [3.63, 3.8) is 0 Å². The first-order valence-corrected chi connectivity index (χ1v) is 11.5. The molecule has 1 aliphatic rings. The molecule has 0 N–H and O–H groups in total. The summed E-state index contributed by atoms with van der Waals surface area (Å²) in [5, 5.41) is 0. The van der Waals surface area contributed by atoms with E-state index in [1.165, 1.54) is 5.56 Å². The molecule has 0 spiro atoms. The van der Waals surface area contributed by atoms with E-state index < -0.39 is 9.84 Å². The minimum Gasteiger partial charge on any atom is -0.484 e. The molecule has 1 fully saturated rings. The molecule has 28 heavy (non-hydrogen) atoms. The van der Waals surface area contributed by atoms with Gasteiger partial charge in [0.15, 0.2) is 16.4 Å². The van der Waals surface area contributed by atoms with Crippen LogP contribution in [0.3, 0.4) is 0 Å². The normalized spacial score (nSPS) is 18.0. The third-order valence-electron chi connectivity index (χ3n) is 5.14. The van der Waals surface area contributed by atoms with Gasteiger partial charge in [-0.1, -0.05) is 48.9 Å². The second-order valence-electron chi connectivity index (χ2n) is 7.35. The molecular formula is C22H27NO4S. The maximum absolute atomic E-state index is 12.9. The van der Waals surface area contributed by atoms with E-state index in [0.717, 1.165) is 17.5 Å². The van der Waals surface area contributed by atoms with E-state index in [0.29, 0.717) is 18.7 Å². The minimum absolute atomic E-state index is 0.0241. The SMILES string of the molecule is CCc1ccc(CN(C(=O)COc2ccc(C)cc2)[C@@H]2CCS(=O)(=O)C2)cc1. The largest absolute Gasteiger partial charge is 0.484 e. The molecule has 5 nitrogen and oxygen atoms in total. The van der Waals surface area contributed by atoms with E-state index >= 15 is 0 Å². The number of nitrogens with zero attached hydrogens (tertiary/aromatic N) is 1. The number of ether oxygens (including phenoxy) is 1. The molecule has 0 unspecified atom stereocenters. The highest BCUT2D eigenvalue weighted by Gasteiger charge is 2.34. The van der Waals surface area contributed by atoms with Gasteiger partial charge in [0.1, 0.15) is 5.75 Å². The van der Waals surface area contributed by atoms with Crippen molar-refractivity contribution < 1.29 is 17.9 Å². The van der Waals surface area contributed by atoms with Gasteiger partial charge in [-0.05, 0) is 43.0 Å². The van der Waals surface area contributed by atoms with Crippen LogP contribution in [-0.4, -0.2) is 43.4 Å². The Hall–Kier alpha value is -2.34. The number of amides is 1. The van der Waals surface area contributed by atoms with Gasteiger partial charge in [0.05, 0.1) is 11.5 Å². The first-order valence-electron chi connectivity index (χ1n) is 9.63. The molecule has 2 aromatic carbocycles. The number of aryl methyl sites for hydroxylation is 2. The number of carbonyl (C=O) groups is 1. The standard InChI is InChI=1S/C22H27NO4S/c1-3-18-6-8-19(9-7-18)14-23(20-12-13-28(25,26)16-20)22(24)15-27-21-10-4-17(2)5-11-21/h4-11,20H,3,12-16H2,1-2H3/t20-/m1/s1. The Morgan fingerprint density at radius 1 is 1.07 bits per heavy atom. The van der Waals surface area contributed by atoms with Crippen LogP contribution in [-0.2, 0) is 27.6 Å². The number of benzene rings is 2. The van der Waals surface area contributed by atoms with Crippen LogP contribution in [0.15, 0.2) is 48.5 Å². The average molecular weight is 402 g/mol. The molecule has 1 saturated heterocycles. The summed E-state index contributed by atoms with van der Waals surface area (Å²) < 4.78 is 29.5. The van der Waals surface area contributed by atoms with E-state index in [1.807, 2.05) is 55.5 Å². The summed E-state index contributed by atoms with van der Waals surface area (Å²) in [5.41, 5.74) is 3.34. The Balaban J connectivity index is 1.72. The predicted molar refractivity (Wildman–Crippen MR) is 110 cm³/mol. The summed E-state index contributed by atoms with van der Waals surface area (Å²) >= 11 is 0. The quantitative estimate of drug-likeness (QED) is 0.715. The lowest BCUT2D eigenvalue weighted by atomic mass is 10.1. The lowest BCUT2D eigenvalue weighted by Gasteiger charge is -2.28. The van der Waals surface area contributed by atoms with Crippen LogP contribution in [0.25, 0.3) is 0 Å². The fourth-order valence-electron chi connectivity index (χ4n) is 3.38. The Labute approximate surface area is 167 Å². The van der Waals surface area contributed by atoms with Crippen molar-refractivity contribution in [2.45, 2.75) is 39.3 Å². The van der Waals surface area contributed by atoms with Crippen molar-refractivity contribution in [1.82, 2.24) is 4.90 Å². The van der Waals surface area contributed by atoms with Crippen molar-refractivity contribution in [2.75, 3.05) is 18.1 Å². The Morgan fingerprint density at radius 3 is 2.29 bits per heavy atom. The van der Waals surface area contributed by atoms with Crippen LogP contribution in [0.1, 0.15) is 30.0 Å². The van der Waals surface area contributed by atoms with E-state index in [2.05, 4.69) is 6.92 Å². The molecule has 1 aliphatic heterocycles. The molecule has 3 rings (SSSR count). The molecule has 0 bridgehead atoms. The third-order valence-corrected chi connectivity index (χ3v) is 6.89. The van der Waals surface area contributed by atoms with Crippen LogP contribution < -0.4 is 4.74 Å². The summed E-state index contributed by atoms with van der Waals surface area (Å²) in [6, 6.07) is 15.3. The lowest BCUT2D eigenvalue weighted by Crippen LogP contribution is -2.43. The Kier molecular flexibility index (Phi) is 6.39. The third kappa shape index (κ3) is 5.35. The van der Waals surface area contributed by atoms with Gasteiger partial charge in [0, 0.05) is 12.6 Å². The van der Waals surface area contributed by atoms with Crippen LogP contribution in [0.4, 0.5) is 0 Å². The van der Waals surface area contributed by atoms with Crippen molar-refractivity contribution >= 4 is 15.7 Å². The predicted octanol–water partition coefficient (Wildman–Crippen LogP) is 3.15. The second-order valence-corrected chi connectivity index (χ2v) is 9.58. The maximum atomic E-state index is 12.9. The van der Waals surface area contributed by atoms with Gasteiger partial charge in [-0.3, -0.25) is 4.79 Å². The molecular weight excluding hydrogens is 374 g/mol. The molecule has 0 aromatic heterocycles. The number of carbonyl (C=O) groups excluding carboxylic acids is 1. The summed E-state index contributed by atoms with van der Waals surface area (Å²) in [7, 11) is -3.08. The zero-order chi connectivity index (χ0) is 20.1. The van der Waals surface area contributed by atoms with E-state index in [4.69, 9.17) is 4.74 Å². The summed E-state index contributed by atoms with van der Waals surface area (Å²) in [6.07, 6.45) is 1.43. The van der Waals surface area contributed by atoms with Gasteiger partial charge >= 0.3 is 0 Å². The summed E-state index contributed by atoms with van der Waals surface area (Å²) in [6.45, 7) is 4.37. The Morgan fingerprint density at radius 2 is 1.71 bits per heavy atom. The van der Waals surface area contributed by atoms with Crippen molar-refractivity contribution in [1.29, 1.82) is 0 Å². The van der Waals surface area contributed by atoms with Crippen LogP contribution in [0.5, 0.6) is 5.75 Å². The topological polar surface area (TPSA) is 63.7 Å². The maximum Gasteiger partial charge on any atom is 0.261 e. The highest BCUT2D eigenvalue weighted by molar-refractivity contribution is 7.91. The molecule has 1 amide bonds. The smallest absolute Gasteiger partial charge is 0.261 e. The van der Waals surface area contributed by atoms with Crippen LogP contribution in [0, 0.1) is 6.92 Å². The monoisotopic (exact) mass is 401 g/mol. The van der Waals surface area contributed by atoms with Gasteiger partial charge in [0.25, 0.3) is 5.91 Å². The zero-order valence-electron chi connectivity index (χ0n) is 16.4. The highest BCUT2D eigenvalue weighted by atomic mass is 32.2.